The van der Waals surface area contributed by atoms with Gasteiger partial charge in [-0.3, -0.25) is 4.79 Å². The van der Waals surface area contributed by atoms with Crippen molar-refractivity contribution in [1.82, 2.24) is 10.2 Å². The second-order valence-corrected chi connectivity index (χ2v) is 7.84. The second kappa shape index (κ2) is 5.24. The number of hydrogen-bond donors (Lipinski definition) is 1. The predicted octanol–water partition coefficient (Wildman–Crippen LogP) is 2.04. The van der Waals surface area contributed by atoms with Gasteiger partial charge in [0, 0.05) is 31.0 Å². The zero-order valence-corrected chi connectivity index (χ0v) is 13.9. The third-order valence-electron chi connectivity index (χ3n) is 6.40. The SMILES string of the molecule is CCO[C@@H]1C[C@H](N(C)C(=O)[C@@H]2CC23CCNCC3)C1(C)C. The molecule has 1 spiro atoms. The molecule has 4 heteroatoms. The van der Waals surface area contributed by atoms with Crippen LogP contribution in [-0.4, -0.2) is 49.7 Å². The number of hydrogen-bond acceptors (Lipinski definition) is 3. The Morgan fingerprint density at radius 3 is 2.57 bits per heavy atom. The van der Waals surface area contributed by atoms with Crippen molar-refractivity contribution in [3.05, 3.63) is 0 Å². The average molecular weight is 294 g/mol. The highest BCUT2D eigenvalue weighted by Crippen LogP contribution is 2.59. The third-order valence-corrected chi connectivity index (χ3v) is 6.40. The molecule has 1 aliphatic heterocycles. The zero-order valence-electron chi connectivity index (χ0n) is 13.9. The maximum atomic E-state index is 12.8. The Labute approximate surface area is 128 Å². The van der Waals surface area contributed by atoms with E-state index >= 15 is 0 Å². The lowest BCUT2D eigenvalue weighted by molar-refractivity contribution is -0.165. The van der Waals surface area contributed by atoms with E-state index in [1.54, 1.807) is 0 Å². The summed E-state index contributed by atoms with van der Waals surface area (Å²) < 4.78 is 5.79. The Bertz CT molecular complexity index is 415. The van der Waals surface area contributed by atoms with E-state index in [0.29, 0.717) is 23.5 Å². The summed E-state index contributed by atoms with van der Waals surface area (Å²) in [5.74, 6) is 0.663. The smallest absolute Gasteiger partial charge is 0.226 e. The fraction of sp³-hybridized carbons (Fsp3) is 0.941. The van der Waals surface area contributed by atoms with Crippen molar-refractivity contribution in [2.45, 2.75) is 58.6 Å². The number of ether oxygens (including phenoxy) is 1. The first-order valence-corrected chi connectivity index (χ1v) is 8.51. The van der Waals surface area contributed by atoms with Crippen LogP contribution in [0.1, 0.15) is 46.5 Å². The molecule has 3 fully saturated rings. The van der Waals surface area contributed by atoms with E-state index < -0.39 is 0 Å². The van der Waals surface area contributed by atoms with Gasteiger partial charge in [-0.1, -0.05) is 13.8 Å². The summed E-state index contributed by atoms with van der Waals surface area (Å²) in [6.07, 6.45) is 4.75. The largest absolute Gasteiger partial charge is 0.378 e. The summed E-state index contributed by atoms with van der Waals surface area (Å²) >= 11 is 0. The van der Waals surface area contributed by atoms with Crippen LogP contribution in [0.5, 0.6) is 0 Å². The Balaban J connectivity index is 1.59. The van der Waals surface area contributed by atoms with Crippen molar-refractivity contribution in [2.75, 3.05) is 26.7 Å². The van der Waals surface area contributed by atoms with Crippen molar-refractivity contribution in [1.29, 1.82) is 0 Å². The van der Waals surface area contributed by atoms with Gasteiger partial charge in [0.2, 0.25) is 5.91 Å². The van der Waals surface area contributed by atoms with Crippen LogP contribution < -0.4 is 5.32 Å². The quantitative estimate of drug-likeness (QED) is 0.863. The summed E-state index contributed by atoms with van der Waals surface area (Å²) in [5.41, 5.74) is 0.417. The van der Waals surface area contributed by atoms with Gasteiger partial charge in [-0.25, -0.2) is 0 Å². The average Bonchev–Trinajstić information content (AvgIpc) is 3.15. The van der Waals surface area contributed by atoms with E-state index in [9.17, 15) is 4.79 Å². The molecule has 3 aliphatic rings. The molecule has 2 aliphatic carbocycles. The fourth-order valence-electron chi connectivity index (χ4n) is 4.58. The van der Waals surface area contributed by atoms with Crippen molar-refractivity contribution in [3.8, 4) is 0 Å². The molecule has 0 aromatic heterocycles. The normalized spacial score (nSPS) is 36.1. The lowest BCUT2D eigenvalue weighted by atomic mass is 9.63. The van der Waals surface area contributed by atoms with Gasteiger partial charge in [0.1, 0.15) is 0 Å². The van der Waals surface area contributed by atoms with E-state index in [-0.39, 0.29) is 11.3 Å². The van der Waals surface area contributed by atoms with Gasteiger partial charge >= 0.3 is 0 Å². The van der Waals surface area contributed by atoms with Crippen LogP contribution in [0.4, 0.5) is 0 Å². The van der Waals surface area contributed by atoms with Crippen LogP contribution in [0.3, 0.4) is 0 Å². The van der Waals surface area contributed by atoms with Gasteiger partial charge in [-0.2, -0.15) is 0 Å². The van der Waals surface area contributed by atoms with Crippen molar-refractivity contribution in [3.63, 3.8) is 0 Å². The van der Waals surface area contributed by atoms with Crippen LogP contribution in [-0.2, 0) is 9.53 Å². The molecule has 1 N–H and O–H groups in total. The minimum Gasteiger partial charge on any atom is -0.378 e. The number of carbonyl (C=O) groups is 1. The van der Waals surface area contributed by atoms with Crippen LogP contribution in [0.2, 0.25) is 0 Å². The number of nitrogens with zero attached hydrogens (tertiary/aromatic N) is 1. The van der Waals surface area contributed by atoms with Crippen molar-refractivity contribution >= 4 is 5.91 Å². The molecule has 0 bridgehead atoms. The van der Waals surface area contributed by atoms with Gasteiger partial charge in [0.25, 0.3) is 0 Å². The number of rotatable bonds is 4. The summed E-state index contributed by atoms with van der Waals surface area (Å²) in [4.78, 5) is 14.9. The number of carbonyl (C=O) groups excluding carboxylic acids is 1. The third kappa shape index (κ3) is 2.40. The van der Waals surface area contributed by atoms with Crippen molar-refractivity contribution in [2.24, 2.45) is 16.7 Å². The molecule has 0 aromatic carbocycles. The molecule has 0 unspecified atom stereocenters. The number of amides is 1. The number of piperidine rings is 1. The highest BCUT2D eigenvalue weighted by Gasteiger charge is 2.60. The Morgan fingerprint density at radius 1 is 1.33 bits per heavy atom. The lowest BCUT2D eigenvalue weighted by Gasteiger charge is -2.55. The molecule has 2 saturated carbocycles. The minimum absolute atomic E-state index is 0.0800. The predicted molar refractivity (Wildman–Crippen MR) is 83.0 cm³/mol. The molecule has 3 rings (SSSR count). The standard InChI is InChI=1S/C17H30N2O2/c1-5-21-14-10-13(16(14,2)3)19(4)15(20)12-11-17(12)6-8-18-9-7-17/h12-14,18H,5-11H2,1-4H3/t12-,13-,14+/m0/s1. The number of nitrogens with one attached hydrogen (secondary N) is 1. The summed E-state index contributed by atoms with van der Waals surface area (Å²) in [7, 11) is 2.00. The molecule has 4 nitrogen and oxygen atoms in total. The molecule has 1 amide bonds. The van der Waals surface area contributed by atoms with Gasteiger partial charge in [-0.15, -0.1) is 0 Å². The lowest BCUT2D eigenvalue weighted by Crippen LogP contribution is -2.62. The Kier molecular flexibility index (Phi) is 3.81. The minimum atomic E-state index is 0.0800. The molecule has 21 heavy (non-hydrogen) atoms. The summed E-state index contributed by atoms with van der Waals surface area (Å²) in [6.45, 7) is 9.43. The summed E-state index contributed by atoms with van der Waals surface area (Å²) in [5, 5.41) is 3.41. The van der Waals surface area contributed by atoms with E-state index in [1.807, 2.05) is 18.9 Å². The highest BCUT2D eigenvalue weighted by molar-refractivity contribution is 5.83. The van der Waals surface area contributed by atoms with Crippen LogP contribution in [0.25, 0.3) is 0 Å². The second-order valence-electron chi connectivity index (χ2n) is 7.84. The first-order chi connectivity index (χ1) is 9.92. The van der Waals surface area contributed by atoms with E-state index in [2.05, 4.69) is 19.2 Å². The summed E-state index contributed by atoms with van der Waals surface area (Å²) in [6, 6.07) is 0.334. The van der Waals surface area contributed by atoms with Gasteiger partial charge in [0.15, 0.2) is 0 Å². The Hall–Kier alpha value is -0.610. The first kappa shape index (κ1) is 15.3. The molecule has 120 valence electrons. The molecular weight excluding hydrogens is 264 g/mol. The van der Waals surface area contributed by atoms with Gasteiger partial charge in [-0.05, 0) is 51.1 Å². The molecular formula is C17H30N2O2. The highest BCUT2D eigenvalue weighted by atomic mass is 16.5. The van der Waals surface area contributed by atoms with Gasteiger partial charge < -0.3 is 15.0 Å². The van der Waals surface area contributed by atoms with E-state index in [0.717, 1.165) is 32.5 Å². The molecule has 0 aromatic rings. The van der Waals surface area contributed by atoms with Crippen LogP contribution in [0.15, 0.2) is 0 Å². The van der Waals surface area contributed by atoms with E-state index in [1.165, 1.54) is 12.8 Å². The maximum Gasteiger partial charge on any atom is 0.226 e. The van der Waals surface area contributed by atoms with E-state index in [4.69, 9.17) is 4.74 Å². The molecule has 1 saturated heterocycles. The zero-order chi connectivity index (χ0) is 15.3. The molecule has 3 atom stereocenters. The van der Waals surface area contributed by atoms with Gasteiger partial charge in [0.05, 0.1) is 6.10 Å². The maximum absolute atomic E-state index is 12.8. The first-order valence-electron chi connectivity index (χ1n) is 8.51. The van der Waals surface area contributed by atoms with Crippen molar-refractivity contribution < 1.29 is 9.53 Å². The molecule has 1 heterocycles. The van der Waals surface area contributed by atoms with Crippen LogP contribution in [0, 0.1) is 16.7 Å². The Morgan fingerprint density at radius 2 is 2.00 bits per heavy atom. The molecule has 0 radical (unpaired) electrons. The monoisotopic (exact) mass is 294 g/mol. The fourth-order valence-corrected chi connectivity index (χ4v) is 4.58. The topological polar surface area (TPSA) is 41.6 Å². The van der Waals surface area contributed by atoms with Crippen LogP contribution >= 0.6 is 0 Å².